The number of aryl methyl sites for hydroxylation is 3. The molecule has 0 spiro atoms. The molecule has 0 saturated carbocycles. The van der Waals surface area contributed by atoms with Crippen LogP contribution in [0.5, 0.6) is 0 Å². The van der Waals surface area contributed by atoms with Gasteiger partial charge in [0.2, 0.25) is 0 Å². The number of carboxylic acids is 1. The van der Waals surface area contributed by atoms with Gasteiger partial charge in [0.1, 0.15) is 0 Å². The molecule has 2 aliphatic rings. The number of anilines is 2. The van der Waals surface area contributed by atoms with Crippen molar-refractivity contribution in [3.63, 3.8) is 0 Å². The number of carboxylic acid groups (broad SMARTS) is 1. The predicted octanol–water partition coefficient (Wildman–Crippen LogP) is 5.23. The van der Waals surface area contributed by atoms with Crippen molar-refractivity contribution < 1.29 is 9.90 Å². The van der Waals surface area contributed by atoms with E-state index in [1.807, 2.05) is 0 Å². The minimum atomic E-state index is -0.633. The number of halogens is 1. The van der Waals surface area contributed by atoms with Crippen molar-refractivity contribution in [2.75, 3.05) is 24.5 Å². The third kappa shape index (κ3) is 4.81. The summed E-state index contributed by atoms with van der Waals surface area (Å²) in [4.78, 5) is 16.2. The van der Waals surface area contributed by atoms with E-state index in [2.05, 4.69) is 66.1 Å². The molecule has 0 bridgehead atoms. The van der Waals surface area contributed by atoms with E-state index in [0.29, 0.717) is 6.04 Å². The van der Waals surface area contributed by atoms with Gasteiger partial charge in [-0.05, 0) is 87.9 Å². The maximum atomic E-state index is 11.2. The Labute approximate surface area is 186 Å². The zero-order chi connectivity index (χ0) is 20.4. The zero-order valence-electron chi connectivity index (χ0n) is 18.0. The summed E-state index contributed by atoms with van der Waals surface area (Å²) in [6, 6.07) is 16.1. The molecule has 1 saturated heterocycles. The Hall–Kier alpha value is -2.04. The first kappa shape index (κ1) is 22.6. The summed E-state index contributed by atoms with van der Waals surface area (Å²) in [5.41, 5.74) is 6.86. The average molecular weight is 429 g/mol. The summed E-state index contributed by atoms with van der Waals surface area (Å²) >= 11 is 0. The molecule has 0 radical (unpaired) electrons. The average Bonchev–Trinajstić information content (AvgIpc) is 2.88. The Kier molecular flexibility index (Phi) is 7.43. The highest BCUT2D eigenvalue weighted by Crippen LogP contribution is 2.38. The van der Waals surface area contributed by atoms with E-state index in [0.717, 1.165) is 51.7 Å². The smallest absolute Gasteiger partial charge is 0.306 e. The molecule has 2 aliphatic heterocycles. The molecule has 2 aromatic carbocycles. The number of aliphatic carboxylic acids is 1. The van der Waals surface area contributed by atoms with Crippen LogP contribution in [0.1, 0.15) is 42.9 Å². The van der Waals surface area contributed by atoms with Crippen LogP contribution in [0.3, 0.4) is 0 Å². The summed E-state index contributed by atoms with van der Waals surface area (Å²) in [6.07, 6.45) is 4.78. The topological polar surface area (TPSA) is 43.8 Å². The molecule has 5 heteroatoms. The Bertz CT molecular complexity index is 877. The van der Waals surface area contributed by atoms with Crippen molar-refractivity contribution in [1.82, 2.24) is 4.90 Å². The minimum absolute atomic E-state index is 0. The van der Waals surface area contributed by atoms with Gasteiger partial charge in [0.05, 0.1) is 5.92 Å². The summed E-state index contributed by atoms with van der Waals surface area (Å²) < 4.78 is 0. The van der Waals surface area contributed by atoms with Crippen molar-refractivity contribution >= 4 is 29.8 Å². The quantitative estimate of drug-likeness (QED) is 0.708. The Morgan fingerprint density at radius 1 is 1.07 bits per heavy atom. The molecule has 1 unspecified atom stereocenters. The molecule has 2 aromatic rings. The number of rotatable bonds is 5. The van der Waals surface area contributed by atoms with Gasteiger partial charge in [-0.2, -0.15) is 0 Å². The molecule has 30 heavy (non-hydrogen) atoms. The van der Waals surface area contributed by atoms with E-state index in [1.54, 1.807) is 0 Å². The first-order valence-corrected chi connectivity index (χ1v) is 10.9. The molecule has 1 fully saturated rings. The molecule has 0 amide bonds. The normalized spacial score (nSPS) is 18.0. The molecule has 1 atom stereocenters. The number of carbonyl (C=O) groups is 1. The fourth-order valence-electron chi connectivity index (χ4n) is 4.84. The highest BCUT2D eigenvalue weighted by molar-refractivity contribution is 5.85. The second kappa shape index (κ2) is 9.84. The SMILES string of the molecule is Cc1ccc2c(c1)N(C(C)CCN1CCC(C(=O)O)CC1)c1ccccc1CC2.Cl. The summed E-state index contributed by atoms with van der Waals surface area (Å²) in [5.74, 6) is -0.790. The molecule has 1 N–H and O–H groups in total. The van der Waals surface area contributed by atoms with Crippen LogP contribution >= 0.6 is 12.4 Å². The van der Waals surface area contributed by atoms with Crippen molar-refractivity contribution in [1.29, 1.82) is 0 Å². The van der Waals surface area contributed by atoms with E-state index in [-0.39, 0.29) is 18.3 Å². The summed E-state index contributed by atoms with van der Waals surface area (Å²) in [5, 5.41) is 9.22. The first-order chi connectivity index (χ1) is 14.0. The van der Waals surface area contributed by atoms with E-state index in [4.69, 9.17) is 0 Å². The van der Waals surface area contributed by atoms with Gasteiger partial charge >= 0.3 is 5.97 Å². The van der Waals surface area contributed by atoms with Gasteiger partial charge in [0.15, 0.2) is 0 Å². The molecule has 4 nitrogen and oxygen atoms in total. The minimum Gasteiger partial charge on any atom is -0.481 e. The third-order valence-corrected chi connectivity index (χ3v) is 6.66. The summed E-state index contributed by atoms with van der Waals surface area (Å²) in [6.45, 7) is 7.32. The monoisotopic (exact) mass is 428 g/mol. The van der Waals surface area contributed by atoms with Gasteiger partial charge in [0, 0.05) is 24.0 Å². The molecular formula is C25H33ClN2O2. The largest absolute Gasteiger partial charge is 0.481 e. The Balaban J connectivity index is 0.00000256. The number of benzene rings is 2. The Morgan fingerprint density at radius 3 is 2.43 bits per heavy atom. The first-order valence-electron chi connectivity index (χ1n) is 10.9. The van der Waals surface area contributed by atoms with Gasteiger partial charge in [-0.15, -0.1) is 12.4 Å². The third-order valence-electron chi connectivity index (χ3n) is 6.66. The zero-order valence-corrected chi connectivity index (χ0v) is 18.8. The Morgan fingerprint density at radius 2 is 1.73 bits per heavy atom. The van der Waals surface area contributed by atoms with E-state index >= 15 is 0 Å². The van der Waals surface area contributed by atoms with Crippen LogP contribution in [-0.2, 0) is 17.6 Å². The molecule has 4 rings (SSSR count). The molecule has 0 aromatic heterocycles. The number of hydrogen-bond donors (Lipinski definition) is 1. The lowest BCUT2D eigenvalue weighted by atomic mass is 9.97. The van der Waals surface area contributed by atoms with Crippen LogP contribution in [0.4, 0.5) is 11.4 Å². The van der Waals surface area contributed by atoms with Crippen LogP contribution in [0.2, 0.25) is 0 Å². The van der Waals surface area contributed by atoms with Gasteiger partial charge < -0.3 is 14.9 Å². The van der Waals surface area contributed by atoms with Crippen molar-refractivity contribution in [2.45, 2.75) is 52.0 Å². The summed E-state index contributed by atoms with van der Waals surface area (Å²) in [7, 11) is 0. The van der Waals surface area contributed by atoms with Crippen LogP contribution in [0.25, 0.3) is 0 Å². The predicted molar refractivity (Wildman–Crippen MR) is 125 cm³/mol. The number of hydrogen-bond acceptors (Lipinski definition) is 3. The number of likely N-dealkylation sites (tertiary alicyclic amines) is 1. The molecule has 162 valence electrons. The second-order valence-electron chi connectivity index (χ2n) is 8.72. The molecule has 0 aliphatic carbocycles. The standard InChI is InChI=1S/C25H32N2O2.ClH/c1-18-7-8-21-10-9-20-5-3-4-6-23(20)27(24(21)17-18)19(2)11-14-26-15-12-22(13-16-26)25(28)29;/h3-8,17,19,22H,9-16H2,1-2H3,(H,28,29);1H. The van der Waals surface area contributed by atoms with Crippen molar-refractivity contribution in [3.05, 3.63) is 59.2 Å². The lowest BCUT2D eigenvalue weighted by Crippen LogP contribution is -2.39. The van der Waals surface area contributed by atoms with Gasteiger partial charge in [0.25, 0.3) is 0 Å². The number of piperidine rings is 1. The fourth-order valence-corrected chi connectivity index (χ4v) is 4.84. The van der Waals surface area contributed by atoms with Gasteiger partial charge in [-0.25, -0.2) is 0 Å². The lowest BCUT2D eigenvalue weighted by Gasteiger charge is -2.36. The van der Waals surface area contributed by atoms with Crippen LogP contribution in [0, 0.1) is 12.8 Å². The van der Waals surface area contributed by atoms with Gasteiger partial charge in [-0.1, -0.05) is 30.3 Å². The highest BCUT2D eigenvalue weighted by Gasteiger charge is 2.27. The van der Waals surface area contributed by atoms with Crippen molar-refractivity contribution in [2.24, 2.45) is 5.92 Å². The lowest BCUT2D eigenvalue weighted by molar-refractivity contribution is -0.143. The number of para-hydroxylation sites is 1. The van der Waals surface area contributed by atoms with Crippen molar-refractivity contribution in [3.8, 4) is 0 Å². The maximum absolute atomic E-state index is 11.2. The van der Waals surface area contributed by atoms with Crippen LogP contribution in [0.15, 0.2) is 42.5 Å². The molecular weight excluding hydrogens is 396 g/mol. The van der Waals surface area contributed by atoms with E-state index < -0.39 is 5.97 Å². The van der Waals surface area contributed by atoms with E-state index in [9.17, 15) is 9.90 Å². The fraction of sp³-hybridized carbons (Fsp3) is 0.480. The van der Waals surface area contributed by atoms with Crippen LogP contribution in [-0.4, -0.2) is 41.7 Å². The van der Waals surface area contributed by atoms with Crippen LogP contribution < -0.4 is 4.90 Å². The number of fused-ring (bicyclic) bond motifs is 2. The van der Waals surface area contributed by atoms with Gasteiger partial charge in [-0.3, -0.25) is 4.79 Å². The molecule has 2 heterocycles. The number of nitrogens with zero attached hydrogens (tertiary/aromatic N) is 2. The maximum Gasteiger partial charge on any atom is 0.306 e. The van der Waals surface area contributed by atoms with E-state index in [1.165, 1.54) is 28.1 Å². The highest BCUT2D eigenvalue weighted by atomic mass is 35.5. The second-order valence-corrected chi connectivity index (χ2v) is 8.72.